The maximum atomic E-state index is 12.8. The summed E-state index contributed by atoms with van der Waals surface area (Å²) in [6.07, 6.45) is 5.50. The Kier molecular flexibility index (Phi) is 6.05. The number of halogens is 1. The predicted octanol–water partition coefficient (Wildman–Crippen LogP) is 3.66. The number of nitrogens with zero attached hydrogens (tertiary/aromatic N) is 2. The summed E-state index contributed by atoms with van der Waals surface area (Å²) in [4.78, 5) is 16.6. The molecule has 138 valence electrons. The molecule has 2 heterocycles. The van der Waals surface area contributed by atoms with Crippen molar-refractivity contribution < 1.29 is 13.2 Å². The molecule has 6 nitrogen and oxygen atoms in total. The van der Waals surface area contributed by atoms with Gasteiger partial charge in [0.2, 0.25) is 10.0 Å². The van der Waals surface area contributed by atoms with Crippen LogP contribution in [0.25, 0.3) is 0 Å². The molecule has 8 heteroatoms. The summed E-state index contributed by atoms with van der Waals surface area (Å²) in [5.74, 6) is 0.0954. The summed E-state index contributed by atoms with van der Waals surface area (Å²) in [6.45, 7) is 1.11. The van der Waals surface area contributed by atoms with E-state index < -0.39 is 10.0 Å². The smallest absolute Gasteiger partial charge is 0.256 e. The molecule has 1 saturated heterocycles. The van der Waals surface area contributed by atoms with E-state index in [2.05, 4.69) is 26.2 Å². The number of rotatable bonds is 4. The van der Waals surface area contributed by atoms with Crippen molar-refractivity contribution in [2.75, 3.05) is 18.4 Å². The molecule has 1 aromatic carbocycles. The van der Waals surface area contributed by atoms with Gasteiger partial charge in [-0.2, -0.15) is 4.31 Å². The maximum absolute atomic E-state index is 12.8. The molecule has 3 rings (SSSR count). The highest BCUT2D eigenvalue weighted by molar-refractivity contribution is 9.10. The van der Waals surface area contributed by atoms with Crippen LogP contribution in [0.4, 0.5) is 5.82 Å². The number of nitrogens with one attached hydrogen (secondary N) is 1. The van der Waals surface area contributed by atoms with Gasteiger partial charge in [-0.25, -0.2) is 13.4 Å². The zero-order valence-electron chi connectivity index (χ0n) is 14.2. The third-order valence-electron chi connectivity index (χ3n) is 4.29. The average Bonchev–Trinajstić information content (AvgIpc) is 2.94. The normalized spacial score (nSPS) is 16.0. The summed E-state index contributed by atoms with van der Waals surface area (Å²) in [6, 6.07) is 9.49. The number of anilines is 1. The summed E-state index contributed by atoms with van der Waals surface area (Å²) in [7, 11) is -3.51. The Hall–Kier alpha value is -1.77. The molecule has 1 amide bonds. The fraction of sp³-hybridized carbons (Fsp3) is 0.333. The van der Waals surface area contributed by atoms with Crippen molar-refractivity contribution in [2.45, 2.75) is 30.6 Å². The van der Waals surface area contributed by atoms with Gasteiger partial charge in [-0.15, -0.1) is 0 Å². The van der Waals surface area contributed by atoms with Crippen molar-refractivity contribution in [3.8, 4) is 0 Å². The average molecular weight is 438 g/mol. The second kappa shape index (κ2) is 8.28. The van der Waals surface area contributed by atoms with E-state index in [4.69, 9.17) is 0 Å². The molecule has 1 N–H and O–H groups in total. The number of sulfonamides is 1. The molecule has 26 heavy (non-hydrogen) atoms. The largest absolute Gasteiger partial charge is 0.307 e. The van der Waals surface area contributed by atoms with E-state index in [-0.39, 0.29) is 10.8 Å². The van der Waals surface area contributed by atoms with Crippen LogP contribution >= 0.6 is 15.9 Å². The zero-order chi connectivity index (χ0) is 18.6. The molecule has 0 radical (unpaired) electrons. The quantitative estimate of drug-likeness (QED) is 0.790. The Morgan fingerprint density at radius 3 is 2.23 bits per heavy atom. The second-order valence-corrected chi connectivity index (χ2v) is 9.01. The second-order valence-electron chi connectivity index (χ2n) is 6.16. The topological polar surface area (TPSA) is 79.4 Å². The van der Waals surface area contributed by atoms with Crippen LogP contribution in [-0.2, 0) is 10.0 Å². The Labute approximate surface area is 161 Å². The van der Waals surface area contributed by atoms with Gasteiger partial charge >= 0.3 is 0 Å². The van der Waals surface area contributed by atoms with Gasteiger partial charge in [0.05, 0.1) is 4.90 Å². The SMILES string of the molecule is O=C(Nc1ccc(Br)cn1)c1ccc(S(=O)(=O)N2CCCCCC2)cc1. The molecule has 1 aromatic heterocycles. The minimum absolute atomic E-state index is 0.220. The lowest BCUT2D eigenvalue weighted by Gasteiger charge is -2.20. The van der Waals surface area contributed by atoms with Crippen molar-refractivity contribution in [3.63, 3.8) is 0 Å². The van der Waals surface area contributed by atoms with Crippen molar-refractivity contribution in [3.05, 3.63) is 52.6 Å². The highest BCUT2D eigenvalue weighted by Crippen LogP contribution is 2.21. The number of carbonyl (C=O) groups is 1. The van der Waals surface area contributed by atoms with Crippen molar-refractivity contribution in [1.29, 1.82) is 0 Å². The summed E-state index contributed by atoms with van der Waals surface area (Å²) in [5.41, 5.74) is 0.379. The first-order chi connectivity index (χ1) is 12.5. The molecule has 0 spiro atoms. The highest BCUT2D eigenvalue weighted by atomic mass is 79.9. The van der Waals surface area contributed by atoms with Crippen LogP contribution in [0.2, 0.25) is 0 Å². The number of amides is 1. The lowest BCUT2D eigenvalue weighted by Crippen LogP contribution is -2.31. The molecule has 0 saturated carbocycles. The number of aromatic nitrogens is 1. The Balaban J connectivity index is 1.72. The first kappa shape index (κ1) is 19.0. The van der Waals surface area contributed by atoms with E-state index in [1.165, 1.54) is 24.3 Å². The first-order valence-electron chi connectivity index (χ1n) is 8.50. The molecule has 0 aliphatic carbocycles. The third-order valence-corrected chi connectivity index (χ3v) is 6.67. The van der Waals surface area contributed by atoms with Gasteiger partial charge in [0.25, 0.3) is 5.91 Å². The van der Waals surface area contributed by atoms with Crippen LogP contribution < -0.4 is 5.32 Å². The minimum atomic E-state index is -3.51. The molecular weight excluding hydrogens is 418 g/mol. The van der Waals surface area contributed by atoms with Gasteiger partial charge in [-0.05, 0) is 65.2 Å². The molecular formula is C18H20BrN3O3S. The molecule has 1 aliphatic heterocycles. The first-order valence-corrected chi connectivity index (χ1v) is 10.7. The third kappa shape index (κ3) is 4.49. The maximum Gasteiger partial charge on any atom is 0.256 e. The van der Waals surface area contributed by atoms with Crippen LogP contribution in [0.1, 0.15) is 36.0 Å². The Bertz CT molecular complexity index is 860. The lowest BCUT2D eigenvalue weighted by molar-refractivity contribution is 0.102. The predicted molar refractivity (Wildman–Crippen MR) is 104 cm³/mol. The number of pyridine rings is 1. The zero-order valence-corrected chi connectivity index (χ0v) is 16.6. The Morgan fingerprint density at radius 2 is 1.65 bits per heavy atom. The lowest BCUT2D eigenvalue weighted by atomic mass is 10.2. The Morgan fingerprint density at radius 1 is 1.00 bits per heavy atom. The summed E-state index contributed by atoms with van der Waals surface area (Å²) in [5, 5.41) is 2.68. The van der Waals surface area contributed by atoms with Gasteiger partial charge in [0.1, 0.15) is 5.82 Å². The standard InChI is InChI=1S/C18H20BrN3O3S/c19-15-7-10-17(20-13-15)21-18(23)14-5-8-16(9-6-14)26(24,25)22-11-3-1-2-4-12-22/h5-10,13H,1-4,11-12H2,(H,20,21,23). The van der Waals surface area contributed by atoms with Crippen LogP contribution in [0.15, 0.2) is 52.0 Å². The highest BCUT2D eigenvalue weighted by Gasteiger charge is 2.25. The van der Waals surface area contributed by atoms with Crippen LogP contribution in [-0.4, -0.2) is 36.7 Å². The molecule has 0 bridgehead atoms. The number of hydrogen-bond donors (Lipinski definition) is 1. The van der Waals surface area contributed by atoms with Crippen LogP contribution in [0.5, 0.6) is 0 Å². The molecule has 1 fully saturated rings. The monoisotopic (exact) mass is 437 g/mol. The van der Waals surface area contributed by atoms with Crippen LogP contribution in [0.3, 0.4) is 0 Å². The molecule has 0 atom stereocenters. The van der Waals surface area contributed by atoms with E-state index >= 15 is 0 Å². The number of benzene rings is 1. The van der Waals surface area contributed by atoms with Gasteiger partial charge in [-0.1, -0.05) is 12.8 Å². The van der Waals surface area contributed by atoms with E-state index in [1.54, 1.807) is 22.6 Å². The van der Waals surface area contributed by atoms with E-state index in [0.29, 0.717) is 24.5 Å². The van der Waals surface area contributed by atoms with Crippen molar-refractivity contribution >= 4 is 37.7 Å². The summed E-state index contributed by atoms with van der Waals surface area (Å²) >= 11 is 3.28. The fourth-order valence-corrected chi connectivity index (χ4v) is 4.60. The van der Waals surface area contributed by atoms with Gasteiger partial charge in [0, 0.05) is 29.3 Å². The number of carbonyl (C=O) groups excluding carboxylic acids is 1. The van der Waals surface area contributed by atoms with Gasteiger partial charge < -0.3 is 5.32 Å². The molecule has 2 aromatic rings. The fourth-order valence-electron chi connectivity index (χ4n) is 2.85. The van der Waals surface area contributed by atoms with Crippen molar-refractivity contribution in [1.82, 2.24) is 9.29 Å². The van der Waals surface area contributed by atoms with E-state index in [1.807, 2.05) is 0 Å². The molecule has 0 unspecified atom stereocenters. The minimum Gasteiger partial charge on any atom is -0.307 e. The van der Waals surface area contributed by atoms with E-state index in [0.717, 1.165) is 30.2 Å². The van der Waals surface area contributed by atoms with Crippen LogP contribution in [0, 0.1) is 0 Å². The van der Waals surface area contributed by atoms with E-state index in [9.17, 15) is 13.2 Å². The van der Waals surface area contributed by atoms with Gasteiger partial charge in [-0.3, -0.25) is 4.79 Å². The number of hydrogen-bond acceptors (Lipinski definition) is 4. The molecule has 1 aliphatic rings. The summed E-state index contributed by atoms with van der Waals surface area (Å²) < 4.78 is 27.9. The van der Waals surface area contributed by atoms with Gasteiger partial charge in [0.15, 0.2) is 0 Å². The van der Waals surface area contributed by atoms with Crippen molar-refractivity contribution in [2.24, 2.45) is 0 Å².